The Kier molecular flexibility index (Phi) is 5.42. The molecule has 39 heavy (non-hydrogen) atoms. The first-order valence-electron chi connectivity index (χ1n) is 14.2. The molecule has 2 heteroatoms. The van der Waals surface area contributed by atoms with Crippen molar-refractivity contribution in [3.63, 3.8) is 0 Å². The third-order valence-corrected chi connectivity index (χ3v) is 9.02. The molecule has 0 bridgehead atoms. The van der Waals surface area contributed by atoms with Crippen molar-refractivity contribution in [1.29, 1.82) is 0 Å². The summed E-state index contributed by atoms with van der Waals surface area (Å²) >= 11 is 0. The van der Waals surface area contributed by atoms with Gasteiger partial charge in [-0.3, -0.25) is 0 Å². The predicted molar refractivity (Wildman–Crippen MR) is 160 cm³/mol. The van der Waals surface area contributed by atoms with Gasteiger partial charge in [-0.05, 0) is 41.5 Å². The van der Waals surface area contributed by atoms with E-state index in [0.29, 0.717) is 0 Å². The number of pyridine rings is 2. The van der Waals surface area contributed by atoms with E-state index in [2.05, 4.69) is 146 Å². The second-order valence-electron chi connectivity index (χ2n) is 10.9. The number of benzene rings is 3. The van der Waals surface area contributed by atoms with Crippen molar-refractivity contribution in [2.75, 3.05) is 0 Å². The average Bonchev–Trinajstić information content (AvgIpc) is 3.31. The number of allylic oxidation sites excluding steroid dienone is 1. The van der Waals surface area contributed by atoms with Gasteiger partial charge in [-0.2, -0.15) is 9.13 Å². The van der Waals surface area contributed by atoms with E-state index < -0.39 is 0 Å². The first-order valence-corrected chi connectivity index (χ1v) is 14.2. The maximum absolute atomic E-state index is 2.63. The van der Waals surface area contributed by atoms with Crippen molar-refractivity contribution in [2.24, 2.45) is 0 Å². The van der Waals surface area contributed by atoms with E-state index in [1.165, 1.54) is 67.4 Å². The number of fused-ring (bicyclic) bond motifs is 6. The molecule has 0 atom stereocenters. The lowest BCUT2D eigenvalue weighted by Gasteiger charge is -2.36. The Morgan fingerprint density at radius 3 is 1.92 bits per heavy atom. The molecule has 0 saturated heterocycles. The van der Waals surface area contributed by atoms with Crippen LogP contribution >= 0.6 is 0 Å². The maximum Gasteiger partial charge on any atom is 0.230 e. The van der Waals surface area contributed by atoms with E-state index >= 15 is 0 Å². The van der Waals surface area contributed by atoms with Gasteiger partial charge in [-0.1, -0.05) is 68.4 Å². The zero-order chi connectivity index (χ0) is 26.7. The highest BCUT2D eigenvalue weighted by Crippen LogP contribution is 2.50. The highest BCUT2D eigenvalue weighted by Gasteiger charge is 2.54. The van der Waals surface area contributed by atoms with Gasteiger partial charge in [0.25, 0.3) is 0 Å². The van der Waals surface area contributed by atoms with Gasteiger partial charge in [0.1, 0.15) is 5.57 Å². The standard InChI is InChI=1S/C37H34N2/c1-5-37(6-2)35(31-19-11-10-18-29(31)34-21-13-15-26(4)39(34)37)36-32-24-28(27-16-8-7-9-17-27)22-23-30(32)33-20-12-14-25(3)38(33)36/h7-24H,5-6H2,1-4H3/q+2. The molecule has 2 aliphatic rings. The zero-order valence-electron chi connectivity index (χ0n) is 23.2. The molecule has 0 aliphatic carbocycles. The van der Waals surface area contributed by atoms with Gasteiger partial charge in [0.2, 0.25) is 22.6 Å². The molecule has 0 spiro atoms. The van der Waals surface area contributed by atoms with Gasteiger partial charge in [0.15, 0.2) is 11.4 Å². The molecule has 0 radical (unpaired) electrons. The van der Waals surface area contributed by atoms with Gasteiger partial charge < -0.3 is 0 Å². The molecule has 2 aliphatic heterocycles. The number of rotatable bonds is 3. The first-order chi connectivity index (χ1) is 19.1. The quantitative estimate of drug-likeness (QED) is 0.214. The molecular formula is C37H34N2+2. The minimum absolute atomic E-state index is 0.179. The van der Waals surface area contributed by atoms with Crippen LogP contribution in [0.3, 0.4) is 0 Å². The van der Waals surface area contributed by atoms with Crippen LogP contribution in [0, 0.1) is 13.8 Å². The molecule has 0 amide bonds. The van der Waals surface area contributed by atoms with Crippen molar-refractivity contribution in [2.45, 2.75) is 46.1 Å². The third-order valence-electron chi connectivity index (χ3n) is 9.02. The highest BCUT2D eigenvalue weighted by molar-refractivity contribution is 6.00. The Hall–Kier alpha value is -4.30. The number of aromatic nitrogens is 2. The summed E-state index contributed by atoms with van der Waals surface area (Å²) in [6.07, 6.45) is 2.02. The lowest BCUT2D eigenvalue weighted by Crippen LogP contribution is -2.62. The van der Waals surface area contributed by atoms with Crippen LogP contribution in [-0.4, -0.2) is 0 Å². The fourth-order valence-electron chi connectivity index (χ4n) is 7.22. The lowest BCUT2D eigenvalue weighted by molar-refractivity contribution is -0.747. The molecule has 2 nitrogen and oxygen atoms in total. The minimum atomic E-state index is -0.179. The van der Waals surface area contributed by atoms with Gasteiger partial charge in [0, 0.05) is 56.5 Å². The van der Waals surface area contributed by atoms with Crippen LogP contribution in [-0.2, 0) is 5.54 Å². The molecular weight excluding hydrogens is 472 g/mol. The fourth-order valence-corrected chi connectivity index (χ4v) is 7.22. The molecule has 0 saturated carbocycles. The molecule has 0 N–H and O–H groups in total. The molecule has 0 fully saturated rings. The second-order valence-corrected chi connectivity index (χ2v) is 10.9. The van der Waals surface area contributed by atoms with Gasteiger partial charge in [-0.15, -0.1) is 0 Å². The van der Waals surface area contributed by atoms with E-state index in [1.807, 2.05) is 0 Å². The Morgan fingerprint density at radius 1 is 0.538 bits per heavy atom. The van der Waals surface area contributed by atoms with Crippen LogP contribution in [0.1, 0.15) is 49.2 Å². The summed E-state index contributed by atoms with van der Waals surface area (Å²) in [5.41, 5.74) is 15.5. The molecule has 2 aromatic heterocycles. The molecule has 190 valence electrons. The Bertz CT molecular complexity index is 1790. The van der Waals surface area contributed by atoms with Crippen LogP contribution in [0.4, 0.5) is 0 Å². The summed E-state index contributed by atoms with van der Waals surface area (Å²) in [5, 5.41) is 0. The smallest absolute Gasteiger partial charge is 0.186 e. The Labute approximate surface area is 231 Å². The summed E-state index contributed by atoms with van der Waals surface area (Å²) in [6.45, 7) is 9.23. The van der Waals surface area contributed by atoms with E-state index in [-0.39, 0.29) is 5.54 Å². The number of hydrogen-bond acceptors (Lipinski definition) is 0. The topological polar surface area (TPSA) is 7.76 Å². The number of hydrogen-bond donors (Lipinski definition) is 0. The first kappa shape index (κ1) is 23.8. The molecule has 7 rings (SSSR count). The second kappa shape index (κ2) is 8.88. The van der Waals surface area contributed by atoms with Crippen molar-refractivity contribution in [1.82, 2.24) is 0 Å². The molecule has 5 aromatic rings. The van der Waals surface area contributed by atoms with Crippen molar-refractivity contribution < 1.29 is 9.13 Å². The van der Waals surface area contributed by atoms with E-state index in [9.17, 15) is 0 Å². The summed E-state index contributed by atoms with van der Waals surface area (Å²) in [5.74, 6) is 0. The van der Waals surface area contributed by atoms with Gasteiger partial charge in [-0.25, -0.2) is 0 Å². The normalized spacial score (nSPS) is 16.3. The maximum atomic E-state index is 2.63. The minimum Gasteiger partial charge on any atom is -0.186 e. The van der Waals surface area contributed by atoms with E-state index in [0.717, 1.165) is 12.8 Å². The van der Waals surface area contributed by atoms with Crippen molar-refractivity contribution in [3.8, 4) is 33.6 Å². The van der Waals surface area contributed by atoms with Crippen LogP contribution in [0.2, 0.25) is 0 Å². The van der Waals surface area contributed by atoms with Crippen LogP contribution in [0.25, 0.3) is 44.9 Å². The molecule has 3 aromatic carbocycles. The SMILES string of the molecule is CCC1(CC)C(=C2c3cc(-c4ccccc4)ccc3-c3cccc(C)[n+]32)c2ccccc2-c2cccc(C)[n+]21. The molecule has 4 heterocycles. The number of aryl methyl sites for hydroxylation is 2. The predicted octanol–water partition coefficient (Wildman–Crippen LogP) is 8.14. The summed E-state index contributed by atoms with van der Waals surface area (Å²) < 4.78 is 5.16. The number of nitrogens with zero attached hydrogens (tertiary/aromatic N) is 2. The summed E-state index contributed by atoms with van der Waals surface area (Å²) in [4.78, 5) is 0. The van der Waals surface area contributed by atoms with Gasteiger partial charge >= 0.3 is 0 Å². The van der Waals surface area contributed by atoms with Crippen molar-refractivity contribution >= 4 is 11.3 Å². The van der Waals surface area contributed by atoms with Crippen molar-refractivity contribution in [3.05, 3.63) is 132 Å². The summed E-state index contributed by atoms with van der Waals surface area (Å²) in [7, 11) is 0. The monoisotopic (exact) mass is 506 g/mol. The lowest BCUT2D eigenvalue weighted by atomic mass is 9.73. The highest BCUT2D eigenvalue weighted by atomic mass is 15.1. The third kappa shape index (κ3) is 3.27. The van der Waals surface area contributed by atoms with Crippen LogP contribution < -0.4 is 9.13 Å². The Morgan fingerprint density at radius 2 is 1.18 bits per heavy atom. The summed E-state index contributed by atoms with van der Waals surface area (Å²) in [6, 6.07) is 40.3. The van der Waals surface area contributed by atoms with Crippen LogP contribution in [0.5, 0.6) is 0 Å². The Balaban J connectivity index is 1.67. The van der Waals surface area contributed by atoms with E-state index in [1.54, 1.807) is 0 Å². The molecule has 0 unspecified atom stereocenters. The fraction of sp³-hybridized carbons (Fsp3) is 0.189. The van der Waals surface area contributed by atoms with Crippen LogP contribution in [0.15, 0.2) is 109 Å². The average molecular weight is 507 g/mol. The van der Waals surface area contributed by atoms with Gasteiger partial charge in [0.05, 0.1) is 16.7 Å². The van der Waals surface area contributed by atoms with E-state index in [4.69, 9.17) is 0 Å². The zero-order valence-corrected chi connectivity index (χ0v) is 23.2. The largest absolute Gasteiger partial charge is 0.230 e.